The standard InChI is InChI=1S/C30H40N6O4/c1-4-7-20-18-36(22-8-5-6-9-22)27-25(35(2)29(20)39)17-31-30(34-27)33-24-15-10-19(16-26(24)40-3)28(38)32-21-11-13-23(37)14-12-21/h4,10,15-17,20-23,37H,1,5-9,11-14,18H2,2-3H3,(H,32,38)(H,31,33,34)/t20-,21-,23-/m0/s1. The zero-order valence-corrected chi connectivity index (χ0v) is 23.4. The van der Waals surface area contributed by atoms with Crippen LogP contribution in [0.5, 0.6) is 5.75 Å². The quantitative estimate of drug-likeness (QED) is 0.421. The van der Waals surface area contributed by atoms with Crippen LogP contribution in [0.4, 0.5) is 23.1 Å². The molecular formula is C30H40N6O4. The predicted octanol–water partition coefficient (Wildman–Crippen LogP) is 4.18. The molecule has 0 unspecified atom stereocenters. The molecule has 2 aromatic rings. The molecule has 1 aromatic heterocycles. The molecule has 0 radical (unpaired) electrons. The molecule has 40 heavy (non-hydrogen) atoms. The van der Waals surface area contributed by atoms with Crippen LogP contribution in [-0.2, 0) is 4.79 Å². The number of fused-ring (bicyclic) bond motifs is 1. The molecule has 214 valence electrons. The molecule has 3 N–H and O–H groups in total. The molecular weight excluding hydrogens is 508 g/mol. The fraction of sp³-hybridized carbons (Fsp3) is 0.533. The molecule has 2 amide bonds. The lowest BCUT2D eigenvalue weighted by Gasteiger charge is -2.31. The summed E-state index contributed by atoms with van der Waals surface area (Å²) < 4.78 is 5.62. The Morgan fingerprint density at radius 1 is 1.20 bits per heavy atom. The van der Waals surface area contributed by atoms with Crippen molar-refractivity contribution in [2.45, 2.75) is 76.0 Å². The van der Waals surface area contributed by atoms with Crippen LogP contribution in [0, 0.1) is 5.92 Å². The number of nitrogens with zero attached hydrogens (tertiary/aromatic N) is 4. The summed E-state index contributed by atoms with van der Waals surface area (Å²) in [6.07, 6.45) is 11.3. The van der Waals surface area contributed by atoms with Crippen LogP contribution in [0.25, 0.3) is 0 Å². The third kappa shape index (κ3) is 5.91. The number of benzene rings is 1. The van der Waals surface area contributed by atoms with E-state index in [2.05, 4.69) is 27.1 Å². The lowest BCUT2D eigenvalue weighted by atomic mass is 9.93. The highest BCUT2D eigenvalue weighted by atomic mass is 16.5. The van der Waals surface area contributed by atoms with Crippen LogP contribution >= 0.6 is 0 Å². The molecule has 10 nitrogen and oxygen atoms in total. The Balaban J connectivity index is 1.38. The van der Waals surface area contributed by atoms with Crippen molar-refractivity contribution in [3.05, 3.63) is 42.6 Å². The predicted molar refractivity (Wildman–Crippen MR) is 155 cm³/mol. The third-order valence-electron chi connectivity index (χ3n) is 8.44. The maximum atomic E-state index is 13.3. The van der Waals surface area contributed by atoms with E-state index in [-0.39, 0.29) is 29.9 Å². The first-order valence-corrected chi connectivity index (χ1v) is 14.3. The summed E-state index contributed by atoms with van der Waals surface area (Å²) in [5.41, 5.74) is 1.83. The molecule has 1 aliphatic heterocycles. The summed E-state index contributed by atoms with van der Waals surface area (Å²) in [6.45, 7) is 4.46. The molecule has 2 saturated carbocycles. The molecule has 2 heterocycles. The number of amides is 2. The van der Waals surface area contributed by atoms with E-state index in [0.717, 1.165) is 31.5 Å². The first-order valence-electron chi connectivity index (χ1n) is 14.3. The van der Waals surface area contributed by atoms with Crippen molar-refractivity contribution >= 4 is 35.0 Å². The first kappa shape index (κ1) is 27.9. The Labute approximate surface area is 235 Å². The Bertz CT molecular complexity index is 1240. The molecule has 2 aliphatic carbocycles. The number of aliphatic hydroxyl groups excluding tert-OH is 1. The summed E-state index contributed by atoms with van der Waals surface area (Å²) in [4.78, 5) is 39.6. The van der Waals surface area contributed by atoms with Crippen LogP contribution < -0.4 is 25.2 Å². The van der Waals surface area contributed by atoms with Crippen LogP contribution in [0.3, 0.4) is 0 Å². The van der Waals surface area contributed by atoms with Crippen molar-refractivity contribution in [3.8, 4) is 5.75 Å². The van der Waals surface area contributed by atoms with Crippen molar-refractivity contribution in [1.29, 1.82) is 0 Å². The topological polar surface area (TPSA) is 120 Å². The number of anilines is 4. The molecule has 3 aliphatic rings. The van der Waals surface area contributed by atoms with E-state index in [0.29, 0.717) is 60.5 Å². The van der Waals surface area contributed by atoms with Gasteiger partial charge in [0, 0.05) is 31.2 Å². The fourth-order valence-corrected chi connectivity index (χ4v) is 6.13. The number of carbonyl (C=O) groups excluding carboxylic acids is 2. The number of aliphatic hydroxyl groups is 1. The zero-order chi connectivity index (χ0) is 28.2. The van der Waals surface area contributed by atoms with Crippen LogP contribution in [0.15, 0.2) is 37.1 Å². The summed E-state index contributed by atoms with van der Waals surface area (Å²) >= 11 is 0. The van der Waals surface area contributed by atoms with Crippen molar-refractivity contribution in [2.75, 3.05) is 35.8 Å². The van der Waals surface area contributed by atoms with E-state index in [1.165, 1.54) is 12.8 Å². The summed E-state index contributed by atoms with van der Waals surface area (Å²) in [7, 11) is 3.35. The highest BCUT2D eigenvalue weighted by Crippen LogP contribution is 2.38. The van der Waals surface area contributed by atoms with Gasteiger partial charge in [0.15, 0.2) is 5.82 Å². The lowest BCUT2D eigenvalue weighted by molar-refractivity contribution is -0.121. The Hall–Kier alpha value is -3.66. The normalized spacial score (nSPS) is 23.4. The molecule has 0 saturated heterocycles. The highest BCUT2D eigenvalue weighted by Gasteiger charge is 2.36. The van der Waals surface area contributed by atoms with Gasteiger partial charge in [0.25, 0.3) is 5.91 Å². The molecule has 10 heteroatoms. The molecule has 0 spiro atoms. The average Bonchev–Trinajstić information content (AvgIpc) is 3.48. The van der Waals surface area contributed by atoms with Crippen LogP contribution in [0.1, 0.15) is 68.1 Å². The van der Waals surface area contributed by atoms with Gasteiger partial charge in [-0.25, -0.2) is 4.98 Å². The van der Waals surface area contributed by atoms with Gasteiger partial charge >= 0.3 is 0 Å². The van der Waals surface area contributed by atoms with Crippen molar-refractivity contribution in [3.63, 3.8) is 0 Å². The van der Waals surface area contributed by atoms with Crippen LogP contribution in [-0.4, -0.2) is 65.8 Å². The van der Waals surface area contributed by atoms with E-state index in [4.69, 9.17) is 9.72 Å². The summed E-state index contributed by atoms with van der Waals surface area (Å²) in [5.74, 6) is 1.33. The van der Waals surface area contributed by atoms with Gasteiger partial charge < -0.3 is 30.3 Å². The van der Waals surface area contributed by atoms with Gasteiger partial charge in [0.2, 0.25) is 11.9 Å². The van der Waals surface area contributed by atoms with Crippen molar-refractivity contribution in [1.82, 2.24) is 15.3 Å². The second-order valence-electron chi connectivity index (χ2n) is 11.1. The minimum Gasteiger partial charge on any atom is -0.495 e. The van der Waals surface area contributed by atoms with Gasteiger partial charge in [-0.1, -0.05) is 18.9 Å². The largest absolute Gasteiger partial charge is 0.495 e. The highest BCUT2D eigenvalue weighted by molar-refractivity contribution is 5.99. The Morgan fingerprint density at radius 2 is 1.95 bits per heavy atom. The molecule has 0 bridgehead atoms. The van der Waals surface area contributed by atoms with E-state index < -0.39 is 0 Å². The number of ether oxygens (including phenoxy) is 1. The van der Waals surface area contributed by atoms with E-state index in [1.54, 1.807) is 43.5 Å². The fourth-order valence-electron chi connectivity index (χ4n) is 6.13. The van der Waals surface area contributed by atoms with Crippen molar-refractivity contribution < 1.29 is 19.4 Å². The molecule has 5 rings (SSSR count). The van der Waals surface area contributed by atoms with Gasteiger partial charge in [-0.2, -0.15) is 4.98 Å². The van der Waals surface area contributed by atoms with Gasteiger partial charge in [-0.05, 0) is 63.1 Å². The van der Waals surface area contributed by atoms with Gasteiger partial charge in [0.05, 0.1) is 31.0 Å². The smallest absolute Gasteiger partial charge is 0.251 e. The van der Waals surface area contributed by atoms with Crippen molar-refractivity contribution in [2.24, 2.45) is 5.92 Å². The molecule has 1 aromatic carbocycles. The number of methoxy groups -OCH3 is 1. The first-order chi connectivity index (χ1) is 19.4. The lowest BCUT2D eigenvalue weighted by Crippen LogP contribution is -2.39. The van der Waals surface area contributed by atoms with Gasteiger partial charge in [0.1, 0.15) is 11.4 Å². The summed E-state index contributed by atoms with van der Waals surface area (Å²) in [5, 5.41) is 16.1. The number of aromatic nitrogens is 2. The SMILES string of the molecule is C=CC[C@H]1CN(C2CCCC2)c2nc(Nc3ccc(C(=O)N[C@H]4CC[C@H](O)CC4)cc3OC)ncc2N(C)C1=O. The number of carbonyl (C=O) groups is 2. The average molecular weight is 549 g/mol. The number of hydrogen-bond donors (Lipinski definition) is 3. The molecule has 1 atom stereocenters. The molecule has 2 fully saturated rings. The van der Waals surface area contributed by atoms with E-state index in [1.807, 2.05) is 6.08 Å². The van der Waals surface area contributed by atoms with Crippen LogP contribution in [0.2, 0.25) is 0 Å². The maximum absolute atomic E-state index is 13.3. The minimum atomic E-state index is -0.270. The minimum absolute atomic E-state index is 0.0471. The Morgan fingerprint density at radius 3 is 2.65 bits per heavy atom. The van der Waals surface area contributed by atoms with Gasteiger partial charge in [-0.3, -0.25) is 9.59 Å². The number of allylic oxidation sites excluding steroid dienone is 1. The van der Waals surface area contributed by atoms with E-state index >= 15 is 0 Å². The second kappa shape index (κ2) is 12.2. The Kier molecular flexibility index (Phi) is 8.54. The number of rotatable bonds is 8. The third-order valence-corrected chi connectivity index (χ3v) is 8.44. The summed E-state index contributed by atoms with van der Waals surface area (Å²) in [6, 6.07) is 5.63. The number of nitrogens with one attached hydrogen (secondary N) is 2. The maximum Gasteiger partial charge on any atom is 0.251 e. The zero-order valence-electron chi connectivity index (χ0n) is 23.4. The monoisotopic (exact) mass is 548 g/mol. The second-order valence-corrected chi connectivity index (χ2v) is 11.1. The number of hydrogen-bond acceptors (Lipinski definition) is 8. The van der Waals surface area contributed by atoms with Gasteiger partial charge in [-0.15, -0.1) is 6.58 Å². The van der Waals surface area contributed by atoms with E-state index in [9.17, 15) is 14.7 Å².